The normalized spacial score (nSPS) is 15.0. The molecule has 0 fully saturated rings. The molecule has 0 radical (unpaired) electrons. The summed E-state index contributed by atoms with van der Waals surface area (Å²) >= 11 is 0. The minimum absolute atomic E-state index is 0.115. The van der Waals surface area contributed by atoms with Crippen LogP contribution in [0.1, 0.15) is 24.1 Å². The molecule has 0 spiro atoms. The fraction of sp³-hybridized carbons (Fsp3) is 0.133. The number of ether oxygens (including phenoxy) is 2. The first-order valence-corrected chi connectivity index (χ1v) is 12.2. The largest absolute Gasteiger partial charge is 0.458 e. The van der Waals surface area contributed by atoms with Gasteiger partial charge < -0.3 is 14.0 Å². The van der Waals surface area contributed by atoms with Crippen LogP contribution in [0.3, 0.4) is 0 Å². The molecular weight excluding hydrogens is 417 g/mol. The van der Waals surface area contributed by atoms with Gasteiger partial charge in [-0.25, -0.2) is 0 Å². The number of aryl methyl sites for hydroxylation is 1. The Balaban J connectivity index is 1.42. The Morgan fingerprint density at radius 2 is 1.26 bits per heavy atom. The van der Waals surface area contributed by atoms with Crippen LogP contribution in [0.5, 0.6) is 23.0 Å². The molecule has 1 aromatic heterocycles. The Hall–Kier alpha value is -3.92. The average Bonchev–Trinajstić information content (AvgIpc) is 3.23. The first kappa shape index (κ1) is 18.5. The number of rotatable bonds is 1. The molecule has 2 aliphatic heterocycles. The molecule has 162 valence electrons. The second kappa shape index (κ2) is 6.80. The monoisotopic (exact) mass is 439 g/mol. The fourth-order valence-electron chi connectivity index (χ4n) is 6.30. The van der Waals surface area contributed by atoms with Crippen molar-refractivity contribution in [3.8, 4) is 28.7 Å². The van der Waals surface area contributed by atoms with Gasteiger partial charge in [-0.1, -0.05) is 54.6 Å². The van der Waals surface area contributed by atoms with Crippen molar-refractivity contribution in [1.29, 1.82) is 0 Å². The van der Waals surface area contributed by atoms with Crippen molar-refractivity contribution < 1.29 is 9.47 Å². The van der Waals surface area contributed by atoms with Crippen molar-refractivity contribution in [1.82, 2.24) is 4.57 Å². The molecule has 3 nitrogen and oxygen atoms in total. The van der Waals surface area contributed by atoms with Gasteiger partial charge in [0, 0.05) is 28.7 Å². The maximum absolute atomic E-state index is 6.54. The lowest BCUT2D eigenvalue weighted by Crippen LogP contribution is -2.57. The zero-order valence-electron chi connectivity index (χ0n) is 18.8. The first-order valence-electron chi connectivity index (χ1n) is 12.2. The molecule has 0 N–H and O–H groups in total. The maximum Gasteiger partial charge on any atom is 0.260 e. The van der Waals surface area contributed by atoms with Gasteiger partial charge in [0.25, 0.3) is 6.71 Å². The highest BCUT2D eigenvalue weighted by Crippen LogP contribution is 2.40. The highest BCUT2D eigenvalue weighted by molar-refractivity contribution is 6.98. The SMILES string of the molecule is c1ccc2c(c1)Oc1cc(-n3c4c(c5ccccc53)CCCC4)cc3c1B2c1ccccc1O3. The Kier molecular flexibility index (Phi) is 3.70. The molecule has 4 aromatic carbocycles. The van der Waals surface area contributed by atoms with Gasteiger partial charge >= 0.3 is 0 Å². The minimum Gasteiger partial charge on any atom is -0.458 e. The van der Waals surface area contributed by atoms with E-state index in [1.807, 2.05) is 0 Å². The molecule has 0 amide bonds. The summed E-state index contributed by atoms with van der Waals surface area (Å²) in [6, 6.07) is 30.1. The summed E-state index contributed by atoms with van der Waals surface area (Å²) in [6.45, 7) is 0.115. The Labute approximate surface area is 198 Å². The number of hydrogen-bond acceptors (Lipinski definition) is 2. The van der Waals surface area contributed by atoms with Crippen LogP contribution < -0.4 is 25.9 Å². The smallest absolute Gasteiger partial charge is 0.260 e. The zero-order valence-corrected chi connectivity index (χ0v) is 18.8. The van der Waals surface area contributed by atoms with Crippen molar-refractivity contribution in [2.45, 2.75) is 25.7 Å². The highest BCUT2D eigenvalue weighted by atomic mass is 16.5. The maximum atomic E-state index is 6.54. The third-order valence-electron chi connectivity index (χ3n) is 7.71. The molecule has 3 aliphatic rings. The first-order chi connectivity index (χ1) is 16.9. The molecule has 3 heterocycles. The van der Waals surface area contributed by atoms with E-state index in [9.17, 15) is 0 Å². The van der Waals surface area contributed by atoms with Crippen molar-refractivity contribution >= 4 is 34.0 Å². The van der Waals surface area contributed by atoms with E-state index in [4.69, 9.17) is 9.47 Å². The third-order valence-corrected chi connectivity index (χ3v) is 7.71. The third kappa shape index (κ3) is 2.43. The number of benzene rings is 4. The van der Waals surface area contributed by atoms with Gasteiger partial charge in [0.1, 0.15) is 23.0 Å². The van der Waals surface area contributed by atoms with E-state index >= 15 is 0 Å². The number of hydrogen-bond donors (Lipinski definition) is 0. The van der Waals surface area contributed by atoms with Crippen LogP contribution in [0.15, 0.2) is 84.9 Å². The molecule has 8 rings (SSSR count). The second-order valence-electron chi connectivity index (χ2n) is 9.55. The van der Waals surface area contributed by atoms with Gasteiger partial charge in [-0.2, -0.15) is 0 Å². The van der Waals surface area contributed by atoms with Gasteiger partial charge in [-0.05, 0) is 60.4 Å². The van der Waals surface area contributed by atoms with Gasteiger partial charge in [-0.15, -0.1) is 0 Å². The van der Waals surface area contributed by atoms with Crippen LogP contribution in [0, 0.1) is 0 Å². The minimum atomic E-state index is 0.115. The van der Waals surface area contributed by atoms with E-state index in [0.717, 1.165) is 47.0 Å². The van der Waals surface area contributed by atoms with Crippen LogP contribution in [0.4, 0.5) is 0 Å². The van der Waals surface area contributed by atoms with Crippen molar-refractivity contribution in [2.75, 3.05) is 0 Å². The Morgan fingerprint density at radius 3 is 2.00 bits per heavy atom. The van der Waals surface area contributed by atoms with E-state index in [1.165, 1.54) is 45.9 Å². The number of nitrogens with zero attached hydrogens (tertiary/aromatic N) is 1. The van der Waals surface area contributed by atoms with E-state index in [0.29, 0.717) is 0 Å². The molecule has 0 saturated carbocycles. The molecule has 34 heavy (non-hydrogen) atoms. The lowest BCUT2D eigenvalue weighted by atomic mass is 9.35. The second-order valence-corrected chi connectivity index (χ2v) is 9.55. The van der Waals surface area contributed by atoms with Crippen LogP contribution in [-0.4, -0.2) is 11.3 Å². The highest BCUT2D eigenvalue weighted by Gasteiger charge is 2.40. The van der Waals surface area contributed by atoms with Crippen molar-refractivity contribution in [2.24, 2.45) is 0 Å². The average molecular weight is 439 g/mol. The summed E-state index contributed by atoms with van der Waals surface area (Å²) < 4.78 is 15.5. The summed E-state index contributed by atoms with van der Waals surface area (Å²) in [5.74, 6) is 3.65. The number of aromatic nitrogens is 1. The molecule has 0 saturated heterocycles. The predicted molar refractivity (Wildman–Crippen MR) is 138 cm³/mol. The molecule has 1 aliphatic carbocycles. The van der Waals surface area contributed by atoms with Crippen molar-refractivity contribution in [3.05, 3.63) is 96.2 Å². The summed E-state index contributed by atoms with van der Waals surface area (Å²) in [4.78, 5) is 0. The molecule has 0 atom stereocenters. The van der Waals surface area contributed by atoms with Gasteiger partial charge in [0.05, 0.1) is 11.2 Å². The van der Waals surface area contributed by atoms with Crippen LogP contribution in [-0.2, 0) is 12.8 Å². The van der Waals surface area contributed by atoms with E-state index in [-0.39, 0.29) is 6.71 Å². The van der Waals surface area contributed by atoms with Crippen molar-refractivity contribution in [3.63, 3.8) is 0 Å². The topological polar surface area (TPSA) is 23.4 Å². The molecule has 5 aromatic rings. The summed E-state index contributed by atoms with van der Waals surface area (Å²) in [7, 11) is 0. The van der Waals surface area contributed by atoms with Crippen LogP contribution in [0.25, 0.3) is 16.6 Å². The van der Waals surface area contributed by atoms with E-state index in [1.54, 1.807) is 0 Å². The Morgan fingerprint density at radius 1 is 0.647 bits per heavy atom. The predicted octanol–water partition coefficient (Wildman–Crippen LogP) is 5.24. The van der Waals surface area contributed by atoms with Crippen LogP contribution >= 0.6 is 0 Å². The van der Waals surface area contributed by atoms with Crippen LogP contribution in [0.2, 0.25) is 0 Å². The summed E-state index contributed by atoms with van der Waals surface area (Å²) in [5.41, 5.74) is 8.85. The molecule has 0 unspecified atom stereocenters. The summed E-state index contributed by atoms with van der Waals surface area (Å²) in [5, 5.41) is 1.37. The number of para-hydroxylation sites is 3. The lowest BCUT2D eigenvalue weighted by Gasteiger charge is -2.33. The van der Waals surface area contributed by atoms with E-state index < -0.39 is 0 Å². The molecular formula is C30H22BNO2. The van der Waals surface area contributed by atoms with E-state index in [2.05, 4.69) is 89.5 Å². The van der Waals surface area contributed by atoms with Gasteiger partial charge in [-0.3, -0.25) is 0 Å². The Bertz CT molecular complexity index is 1560. The summed E-state index contributed by atoms with van der Waals surface area (Å²) in [6.07, 6.45) is 4.75. The van der Waals surface area contributed by atoms with Gasteiger partial charge in [0.15, 0.2) is 0 Å². The zero-order chi connectivity index (χ0) is 22.2. The van der Waals surface area contributed by atoms with Gasteiger partial charge in [0.2, 0.25) is 0 Å². The quantitative estimate of drug-likeness (QED) is 0.327. The standard InChI is InChI=1S/C30H22BNO2/c1-5-13-24-20(9-1)21-10-2-6-14-25(21)32(24)19-17-28-30-29(18-19)34-27-16-8-4-12-23(27)31(30)22-11-3-7-15-26(22)33-28/h1,3-5,7-9,11-13,15-18H,2,6,10,14H2. The molecule has 0 bridgehead atoms. The lowest BCUT2D eigenvalue weighted by molar-refractivity contribution is 0.464. The number of fused-ring (bicyclic) bond motifs is 7. The molecule has 4 heteroatoms. The fourth-order valence-corrected chi connectivity index (χ4v) is 6.30.